The number of thiol groups is 6. The van der Waals surface area contributed by atoms with Gasteiger partial charge in [-0.15, -0.1) is 0 Å². The normalized spacial score (nSPS) is 16.5. The van der Waals surface area contributed by atoms with Crippen molar-refractivity contribution in [1.29, 1.82) is 0 Å². The summed E-state index contributed by atoms with van der Waals surface area (Å²) in [6, 6.07) is -13.5. The molecule has 46 nitrogen and oxygen atoms in total. The number of aromatic hydroxyl groups is 1. The second-order valence-corrected chi connectivity index (χ2v) is 32.2. The molecule has 3 rings (SSSR count). The number of phenols is 1. The van der Waals surface area contributed by atoms with E-state index in [1.807, 2.05) is 0 Å². The van der Waals surface area contributed by atoms with Crippen LogP contribution in [0.2, 0.25) is 0 Å². The van der Waals surface area contributed by atoms with Gasteiger partial charge in [0, 0.05) is 60.3 Å². The molecule has 128 heavy (non-hydrogen) atoms. The zero-order chi connectivity index (χ0) is 96.7. The monoisotopic (exact) mass is 1910 g/mol. The molecule has 0 spiro atoms. The molecule has 2 aromatic carbocycles. The van der Waals surface area contributed by atoms with Gasteiger partial charge in [-0.05, 0) is 82.6 Å². The van der Waals surface area contributed by atoms with Gasteiger partial charge in [-0.3, -0.25) is 95.9 Å². The van der Waals surface area contributed by atoms with E-state index in [-0.39, 0.29) is 55.9 Å². The molecule has 0 aromatic heterocycles. The van der Waals surface area contributed by atoms with E-state index < -0.39 is 300 Å². The average molecular weight is 1920 g/mol. The summed E-state index contributed by atoms with van der Waals surface area (Å²) in [6.07, 6.45) is -6.72. The van der Waals surface area contributed by atoms with Gasteiger partial charge in [0.2, 0.25) is 112 Å². The van der Waals surface area contributed by atoms with Crippen molar-refractivity contribution in [2.24, 2.45) is 23.1 Å². The van der Waals surface area contributed by atoms with E-state index in [1.54, 1.807) is 44.2 Å². The number of aliphatic hydroxyl groups excluding tert-OH is 2. The minimum absolute atomic E-state index is 0.00970. The predicted molar refractivity (Wildman–Crippen MR) is 476 cm³/mol. The zero-order valence-corrected chi connectivity index (χ0v) is 75.8. The number of likely N-dealkylation sites (tertiary alicyclic amines) is 1. The molecule has 710 valence electrons. The molecule has 0 radical (unpaired) electrons. The van der Waals surface area contributed by atoms with E-state index in [4.69, 9.17) is 17.2 Å². The lowest BCUT2D eigenvalue weighted by Gasteiger charge is -2.30. The van der Waals surface area contributed by atoms with Crippen LogP contribution < -0.4 is 102 Å². The first-order valence-corrected chi connectivity index (χ1v) is 43.7. The number of carbonyl (C=O) groups is 21. The van der Waals surface area contributed by atoms with Crippen molar-refractivity contribution in [3.63, 3.8) is 0 Å². The van der Waals surface area contributed by atoms with Crippen molar-refractivity contribution < 1.29 is 126 Å². The molecule has 1 aliphatic heterocycles. The van der Waals surface area contributed by atoms with Crippen LogP contribution in [-0.2, 0) is 114 Å². The van der Waals surface area contributed by atoms with Crippen LogP contribution in [0.1, 0.15) is 97.6 Å². The standard InChI is InChI=1S/C76H114N20O26S6/c1-33(2)21-43(85-63(108)42(18-19-57(103)104)84-68(113)49(29-125)91-71(116)52(32-128)93-74(119)59(37(6)98)95-65(110)44(22-38-11-8-7-9-12-38)86-73(118)58(36(5)97)94-62(107)41(77)24-54(78)100)64(109)90-51(31-127)70(115)92-50(30-126)69(114)87-45(25-55(79)101)75(120)96-20-10-13-53(96)72(117)82-35(4)61(106)89-48(28-124)66(111)81-34(3)60(105)80-26-56(102)83-47(27-123)67(112)88-46(76(121)122)23-39-14-16-40(99)17-15-39/h7-9,11-12,14-17,33-37,41-53,58-59,97-99,123-128H,10,13,18-32,77H2,1-6H3,(H2,78,100)(H2,79,101)(H,80,105)(H,81,111)(H,82,117)(H,83,102)(H,84,113)(H,85,108)(H,86,118)(H,87,114)(H,88,112)(H,89,106)(H,90,109)(H,91,116)(H,92,115)(H,93,119)(H,94,107)(H,95,110)(H,103,104)(H,121,122)/t34-,35-,36+,37+,41-,42-,43-,44-,45-,46-,47-,48-,49-,50-,51-,52-,53-,58-,59-/m0/s1. The summed E-state index contributed by atoms with van der Waals surface area (Å²) in [5, 5.41) is 87.8. The van der Waals surface area contributed by atoms with E-state index in [2.05, 4.69) is 161 Å². The molecule has 0 bridgehead atoms. The molecule has 19 amide bonds. The number of nitrogens with zero attached hydrogens (tertiary/aromatic N) is 1. The molecule has 0 aliphatic carbocycles. The molecule has 0 saturated carbocycles. The minimum Gasteiger partial charge on any atom is -0.508 e. The van der Waals surface area contributed by atoms with E-state index in [1.165, 1.54) is 38.1 Å². The van der Waals surface area contributed by atoms with Gasteiger partial charge in [-0.2, -0.15) is 75.8 Å². The quantitative estimate of drug-likeness (QED) is 0.0274. The summed E-state index contributed by atoms with van der Waals surface area (Å²) < 4.78 is 0. The van der Waals surface area contributed by atoms with E-state index >= 15 is 0 Å². The maximum Gasteiger partial charge on any atom is 0.326 e. The largest absolute Gasteiger partial charge is 0.508 e. The second kappa shape index (κ2) is 55.7. The van der Waals surface area contributed by atoms with Crippen LogP contribution in [0.5, 0.6) is 5.75 Å². The van der Waals surface area contributed by atoms with Gasteiger partial charge >= 0.3 is 11.9 Å². The number of phenolic OH excluding ortho intramolecular Hbond substituents is 1. The van der Waals surface area contributed by atoms with Gasteiger partial charge in [-0.1, -0.05) is 56.3 Å². The van der Waals surface area contributed by atoms with Crippen LogP contribution in [0.25, 0.3) is 0 Å². The predicted octanol–water partition coefficient (Wildman–Crippen LogP) is -9.99. The number of carboxylic acids is 2. The summed E-state index contributed by atoms with van der Waals surface area (Å²) >= 11 is 25.0. The molecule has 0 unspecified atom stereocenters. The molecule has 1 aliphatic rings. The highest BCUT2D eigenvalue weighted by atomic mass is 32.1. The zero-order valence-electron chi connectivity index (χ0n) is 70.4. The van der Waals surface area contributed by atoms with E-state index in [0.29, 0.717) is 11.1 Å². The Hall–Kier alpha value is -10.9. The minimum atomic E-state index is -1.90. The maximum atomic E-state index is 14.3. The third kappa shape index (κ3) is 37.8. The lowest BCUT2D eigenvalue weighted by Crippen LogP contribution is -2.63. The Kier molecular flexibility index (Phi) is 48.5. The number of hydrogen-bond donors (Lipinski definition) is 30. The molecule has 2 aromatic rings. The van der Waals surface area contributed by atoms with Crippen LogP contribution in [0.3, 0.4) is 0 Å². The Morgan fingerprint density at radius 1 is 0.414 bits per heavy atom. The summed E-state index contributed by atoms with van der Waals surface area (Å²) in [4.78, 5) is 281. The number of aliphatic carboxylic acids is 2. The fourth-order valence-electron chi connectivity index (χ4n) is 12.1. The van der Waals surface area contributed by atoms with Crippen molar-refractivity contribution in [1.82, 2.24) is 90.0 Å². The Balaban J connectivity index is 1.69. The summed E-state index contributed by atoms with van der Waals surface area (Å²) in [5.74, 6) is -25.9. The maximum absolute atomic E-state index is 14.3. The molecule has 52 heteroatoms. The first-order valence-electron chi connectivity index (χ1n) is 39.9. The third-order valence-electron chi connectivity index (χ3n) is 19.1. The third-order valence-corrected chi connectivity index (χ3v) is 21.3. The number of benzene rings is 2. The van der Waals surface area contributed by atoms with Crippen LogP contribution in [0, 0.1) is 5.92 Å². The number of carbonyl (C=O) groups excluding carboxylic acids is 19. The Bertz CT molecular complexity index is 4260. The first-order chi connectivity index (χ1) is 60.1. The molecule has 1 heterocycles. The number of nitrogens with two attached hydrogens (primary N) is 3. The number of primary amides is 2. The van der Waals surface area contributed by atoms with Gasteiger partial charge in [0.15, 0.2) is 0 Å². The van der Waals surface area contributed by atoms with Gasteiger partial charge in [0.05, 0.1) is 37.6 Å². The Morgan fingerprint density at radius 2 is 0.789 bits per heavy atom. The van der Waals surface area contributed by atoms with Crippen molar-refractivity contribution in [2.75, 3.05) is 47.6 Å². The average Bonchev–Trinajstić information content (AvgIpc) is 1.59. The molecular formula is C76H114N20O26S6. The van der Waals surface area contributed by atoms with Crippen molar-refractivity contribution in [3.05, 3.63) is 65.7 Å². The van der Waals surface area contributed by atoms with Crippen molar-refractivity contribution in [2.45, 2.75) is 214 Å². The second-order valence-electron chi connectivity index (χ2n) is 30.1. The number of nitrogens with one attached hydrogen (secondary N) is 16. The Labute approximate surface area is 768 Å². The lowest BCUT2D eigenvalue weighted by atomic mass is 10.0. The van der Waals surface area contributed by atoms with Crippen LogP contribution in [0.15, 0.2) is 54.6 Å². The topological polar surface area (TPSA) is 733 Å². The number of carboxylic acid groups (broad SMARTS) is 2. The first kappa shape index (κ1) is 111. The van der Waals surface area contributed by atoms with E-state index in [0.717, 1.165) is 18.7 Å². The fraction of sp³-hybridized carbons (Fsp3) is 0.566. The number of rotatable bonds is 55. The smallest absolute Gasteiger partial charge is 0.326 e. The Morgan fingerprint density at radius 3 is 1.24 bits per heavy atom. The van der Waals surface area contributed by atoms with Gasteiger partial charge < -0.3 is 133 Å². The van der Waals surface area contributed by atoms with Crippen molar-refractivity contribution >= 4 is 200 Å². The highest BCUT2D eigenvalue weighted by molar-refractivity contribution is 7.81. The number of aliphatic hydroxyl groups is 2. The SMILES string of the molecule is CC(C)C[C@H](NC(=O)[C@H](CCC(=O)O)NC(=O)[C@H](CS)NC(=O)[C@H](CS)NC(=O)[C@@H](NC(=O)[C@H](Cc1ccccc1)NC(=O)[C@@H](NC(=O)[C@@H](N)CC(N)=O)[C@@H](C)O)[C@@H](C)O)C(=O)N[C@@H](CS)C(=O)N[C@@H](CS)C(=O)N[C@@H](CC(N)=O)C(=O)N1CCC[C@H]1C(=O)N[C@@H](C)C(=O)N[C@@H](CS)C(=O)N[C@@H](C)C(=O)NCC(=O)N[C@@H](CS)C(=O)N[C@@H](Cc1ccc(O)cc1)C(=O)O. The number of hydrogen-bond acceptors (Lipinski definition) is 31. The lowest BCUT2D eigenvalue weighted by molar-refractivity contribution is -0.143. The van der Waals surface area contributed by atoms with Crippen LogP contribution in [-0.4, -0.2) is 317 Å². The highest BCUT2D eigenvalue weighted by Crippen LogP contribution is 2.21. The van der Waals surface area contributed by atoms with E-state index in [9.17, 15) is 126 Å². The molecule has 27 N–H and O–H groups in total. The molecule has 1 saturated heterocycles. The molecular weight excluding hydrogens is 1800 g/mol. The summed E-state index contributed by atoms with van der Waals surface area (Å²) in [5.41, 5.74) is 17.3. The van der Waals surface area contributed by atoms with Crippen LogP contribution in [0.4, 0.5) is 0 Å². The summed E-state index contributed by atoms with van der Waals surface area (Å²) in [7, 11) is 0. The summed E-state index contributed by atoms with van der Waals surface area (Å²) in [6.45, 7) is 7.08. The van der Waals surface area contributed by atoms with Gasteiger partial charge in [-0.25, -0.2) is 4.79 Å². The van der Waals surface area contributed by atoms with Crippen LogP contribution >= 0.6 is 75.8 Å². The number of amides is 19. The molecule has 19 atom stereocenters. The van der Waals surface area contributed by atoms with Crippen molar-refractivity contribution in [3.8, 4) is 5.75 Å². The fourth-order valence-corrected chi connectivity index (χ4v) is 13.7. The van der Waals surface area contributed by atoms with Gasteiger partial charge in [0.1, 0.15) is 102 Å². The highest BCUT2D eigenvalue weighted by Gasteiger charge is 2.43. The van der Waals surface area contributed by atoms with Gasteiger partial charge in [0.25, 0.3) is 0 Å². The molecule has 1 fully saturated rings.